The predicted octanol–water partition coefficient (Wildman–Crippen LogP) is 3.12. The van der Waals surface area contributed by atoms with Crippen molar-refractivity contribution in [2.45, 2.75) is 33.6 Å². The lowest BCUT2D eigenvalue weighted by atomic mass is 9.98. The highest BCUT2D eigenvalue weighted by atomic mass is 15.1. The minimum absolute atomic E-state index is 0.786. The Kier molecular flexibility index (Phi) is 3.08. The van der Waals surface area contributed by atoms with E-state index in [0.29, 0.717) is 0 Å². The summed E-state index contributed by atoms with van der Waals surface area (Å²) in [7, 11) is 0. The number of rotatable bonds is 1. The van der Waals surface area contributed by atoms with Crippen LogP contribution in [0.15, 0.2) is 12.1 Å². The van der Waals surface area contributed by atoms with Crippen molar-refractivity contribution in [3.63, 3.8) is 0 Å². The standard InChI is InChI=1S/C14H22N2/c1-10-5-4-6-16(9-10)14-12(3)7-11(2)8-13(14)15/h7-8,10H,4-6,9,15H2,1-3H3. The van der Waals surface area contributed by atoms with Crippen molar-refractivity contribution in [1.82, 2.24) is 0 Å². The normalized spacial score (nSPS) is 21.2. The second-order valence-electron chi connectivity index (χ2n) is 5.21. The van der Waals surface area contributed by atoms with Crippen molar-refractivity contribution in [2.75, 3.05) is 23.7 Å². The van der Waals surface area contributed by atoms with Crippen LogP contribution < -0.4 is 10.6 Å². The summed E-state index contributed by atoms with van der Waals surface area (Å²) in [6.07, 6.45) is 2.63. The van der Waals surface area contributed by atoms with Gasteiger partial charge in [0.05, 0.1) is 11.4 Å². The van der Waals surface area contributed by atoms with Crippen LogP contribution in [-0.2, 0) is 0 Å². The van der Waals surface area contributed by atoms with E-state index in [0.717, 1.165) is 24.7 Å². The molecule has 2 nitrogen and oxygen atoms in total. The first kappa shape index (κ1) is 11.3. The third-order valence-electron chi connectivity index (χ3n) is 3.45. The maximum atomic E-state index is 6.16. The van der Waals surface area contributed by atoms with Gasteiger partial charge in [0.2, 0.25) is 0 Å². The van der Waals surface area contributed by atoms with E-state index >= 15 is 0 Å². The van der Waals surface area contributed by atoms with Gasteiger partial charge in [0.15, 0.2) is 0 Å². The molecule has 2 N–H and O–H groups in total. The van der Waals surface area contributed by atoms with Gasteiger partial charge < -0.3 is 10.6 Å². The van der Waals surface area contributed by atoms with Gasteiger partial charge in [0, 0.05) is 13.1 Å². The molecule has 0 saturated carbocycles. The Morgan fingerprint density at radius 1 is 1.31 bits per heavy atom. The molecule has 1 unspecified atom stereocenters. The van der Waals surface area contributed by atoms with Gasteiger partial charge >= 0.3 is 0 Å². The zero-order valence-electron chi connectivity index (χ0n) is 10.6. The fourth-order valence-electron chi connectivity index (χ4n) is 2.82. The number of nitrogens with zero attached hydrogens (tertiary/aromatic N) is 1. The van der Waals surface area contributed by atoms with Crippen LogP contribution in [-0.4, -0.2) is 13.1 Å². The molecule has 1 saturated heterocycles. The van der Waals surface area contributed by atoms with Crippen molar-refractivity contribution in [3.8, 4) is 0 Å². The summed E-state index contributed by atoms with van der Waals surface area (Å²) in [5.41, 5.74) is 10.9. The van der Waals surface area contributed by atoms with Gasteiger partial charge in [-0.05, 0) is 49.8 Å². The highest BCUT2D eigenvalue weighted by Gasteiger charge is 2.19. The highest BCUT2D eigenvalue weighted by Crippen LogP contribution is 2.32. The van der Waals surface area contributed by atoms with E-state index in [1.54, 1.807) is 0 Å². The quantitative estimate of drug-likeness (QED) is 0.734. The molecule has 0 aliphatic carbocycles. The summed E-state index contributed by atoms with van der Waals surface area (Å²) in [6, 6.07) is 4.31. The zero-order valence-corrected chi connectivity index (χ0v) is 10.6. The molecule has 0 radical (unpaired) electrons. The minimum atomic E-state index is 0.786. The molecule has 1 aliphatic rings. The van der Waals surface area contributed by atoms with Crippen LogP contribution >= 0.6 is 0 Å². The molecule has 1 aliphatic heterocycles. The van der Waals surface area contributed by atoms with Gasteiger partial charge in [-0.1, -0.05) is 13.0 Å². The summed E-state index contributed by atoms with van der Waals surface area (Å²) < 4.78 is 0. The minimum Gasteiger partial charge on any atom is -0.397 e. The Bertz CT molecular complexity index is 361. The van der Waals surface area contributed by atoms with Crippen molar-refractivity contribution >= 4 is 11.4 Å². The molecule has 2 heteroatoms. The zero-order chi connectivity index (χ0) is 11.7. The predicted molar refractivity (Wildman–Crippen MR) is 70.9 cm³/mol. The first-order valence-corrected chi connectivity index (χ1v) is 6.19. The highest BCUT2D eigenvalue weighted by molar-refractivity contribution is 5.72. The number of hydrogen-bond donors (Lipinski definition) is 1. The lowest BCUT2D eigenvalue weighted by Crippen LogP contribution is -2.35. The first-order chi connectivity index (χ1) is 7.58. The van der Waals surface area contributed by atoms with Gasteiger partial charge in [-0.3, -0.25) is 0 Å². The van der Waals surface area contributed by atoms with Crippen molar-refractivity contribution in [2.24, 2.45) is 5.92 Å². The molecule has 1 aromatic carbocycles. The molecule has 1 heterocycles. The maximum absolute atomic E-state index is 6.16. The van der Waals surface area contributed by atoms with E-state index < -0.39 is 0 Å². The number of aryl methyl sites for hydroxylation is 2. The summed E-state index contributed by atoms with van der Waals surface area (Å²) in [5.74, 6) is 0.786. The molecule has 1 fully saturated rings. The number of benzene rings is 1. The van der Waals surface area contributed by atoms with Crippen molar-refractivity contribution in [3.05, 3.63) is 23.3 Å². The molecule has 0 aromatic heterocycles. The molecule has 0 spiro atoms. The third-order valence-corrected chi connectivity index (χ3v) is 3.45. The van der Waals surface area contributed by atoms with Crippen LogP contribution in [0.25, 0.3) is 0 Å². The smallest absolute Gasteiger partial charge is 0.0629 e. The molecule has 88 valence electrons. The van der Waals surface area contributed by atoms with Gasteiger partial charge in [-0.2, -0.15) is 0 Å². The molecule has 0 amide bonds. The molecular weight excluding hydrogens is 196 g/mol. The Morgan fingerprint density at radius 2 is 2.06 bits per heavy atom. The second-order valence-corrected chi connectivity index (χ2v) is 5.21. The van der Waals surface area contributed by atoms with Crippen LogP contribution in [0.3, 0.4) is 0 Å². The van der Waals surface area contributed by atoms with Crippen LogP contribution in [0.1, 0.15) is 30.9 Å². The lowest BCUT2D eigenvalue weighted by Gasteiger charge is -2.34. The number of piperidine rings is 1. The molecule has 2 rings (SSSR count). The average molecular weight is 218 g/mol. The molecular formula is C14H22N2. The van der Waals surface area contributed by atoms with Crippen LogP contribution in [0, 0.1) is 19.8 Å². The first-order valence-electron chi connectivity index (χ1n) is 6.19. The Morgan fingerprint density at radius 3 is 2.69 bits per heavy atom. The van der Waals surface area contributed by atoms with Crippen molar-refractivity contribution < 1.29 is 0 Å². The lowest BCUT2D eigenvalue weighted by molar-refractivity contribution is 0.447. The number of hydrogen-bond acceptors (Lipinski definition) is 2. The molecule has 1 atom stereocenters. The number of nitrogen functional groups attached to an aromatic ring is 1. The second kappa shape index (κ2) is 4.36. The Hall–Kier alpha value is -1.18. The SMILES string of the molecule is Cc1cc(C)c(N2CCCC(C)C2)c(N)c1. The summed E-state index contributed by atoms with van der Waals surface area (Å²) in [5, 5.41) is 0. The largest absolute Gasteiger partial charge is 0.397 e. The van der Waals surface area contributed by atoms with E-state index in [-0.39, 0.29) is 0 Å². The topological polar surface area (TPSA) is 29.3 Å². The third kappa shape index (κ3) is 2.16. The Labute approximate surface area is 98.4 Å². The van der Waals surface area contributed by atoms with E-state index in [4.69, 9.17) is 5.73 Å². The van der Waals surface area contributed by atoms with E-state index in [1.165, 1.54) is 29.7 Å². The van der Waals surface area contributed by atoms with E-state index in [2.05, 4.69) is 37.8 Å². The summed E-state index contributed by atoms with van der Waals surface area (Å²) >= 11 is 0. The Balaban J connectivity index is 2.32. The van der Waals surface area contributed by atoms with Gasteiger partial charge in [-0.15, -0.1) is 0 Å². The van der Waals surface area contributed by atoms with Gasteiger partial charge in [0.25, 0.3) is 0 Å². The van der Waals surface area contributed by atoms with E-state index in [9.17, 15) is 0 Å². The summed E-state index contributed by atoms with van der Waals surface area (Å²) in [6.45, 7) is 8.89. The fraction of sp³-hybridized carbons (Fsp3) is 0.571. The fourth-order valence-corrected chi connectivity index (χ4v) is 2.82. The molecule has 16 heavy (non-hydrogen) atoms. The average Bonchev–Trinajstić information content (AvgIpc) is 2.15. The van der Waals surface area contributed by atoms with Crippen LogP contribution in [0.2, 0.25) is 0 Å². The molecule has 1 aromatic rings. The maximum Gasteiger partial charge on any atom is 0.0629 e. The summed E-state index contributed by atoms with van der Waals surface area (Å²) in [4.78, 5) is 2.46. The number of anilines is 2. The van der Waals surface area contributed by atoms with Gasteiger partial charge in [0.1, 0.15) is 0 Å². The van der Waals surface area contributed by atoms with Crippen LogP contribution in [0.5, 0.6) is 0 Å². The monoisotopic (exact) mass is 218 g/mol. The van der Waals surface area contributed by atoms with E-state index in [1.807, 2.05) is 0 Å². The van der Waals surface area contributed by atoms with Crippen molar-refractivity contribution in [1.29, 1.82) is 0 Å². The van der Waals surface area contributed by atoms with Crippen LogP contribution in [0.4, 0.5) is 11.4 Å². The molecule has 0 bridgehead atoms. The van der Waals surface area contributed by atoms with Gasteiger partial charge in [-0.25, -0.2) is 0 Å². The number of nitrogens with two attached hydrogens (primary N) is 1.